The van der Waals surface area contributed by atoms with Gasteiger partial charge in [0.25, 0.3) is 0 Å². The lowest BCUT2D eigenvalue weighted by Gasteiger charge is -2.10. The van der Waals surface area contributed by atoms with Crippen LogP contribution in [-0.4, -0.2) is 5.91 Å². The molecule has 0 heterocycles. The Bertz CT molecular complexity index is 628. The number of benzene rings is 2. The number of carbonyl (C=O) groups is 1. The monoisotopic (exact) mass is 291 g/mol. The van der Waals surface area contributed by atoms with E-state index in [0.717, 1.165) is 17.7 Å². The summed E-state index contributed by atoms with van der Waals surface area (Å²) in [7, 11) is 0. The number of hydrogen-bond donors (Lipinski definition) is 1. The molecule has 0 aromatic heterocycles. The van der Waals surface area contributed by atoms with Gasteiger partial charge in [-0.05, 0) is 35.7 Å². The van der Waals surface area contributed by atoms with Crippen molar-refractivity contribution in [3.63, 3.8) is 0 Å². The Kier molecular flexibility index (Phi) is 4.74. The Morgan fingerprint density at radius 2 is 1.95 bits per heavy atom. The van der Waals surface area contributed by atoms with E-state index in [4.69, 9.17) is 11.6 Å². The Labute approximate surface area is 122 Å². The molecule has 0 aliphatic carbocycles. The number of rotatable bonds is 4. The van der Waals surface area contributed by atoms with Gasteiger partial charge in [0.15, 0.2) is 0 Å². The summed E-state index contributed by atoms with van der Waals surface area (Å²) >= 11 is 5.68. The van der Waals surface area contributed by atoms with E-state index in [1.54, 1.807) is 6.07 Å². The van der Waals surface area contributed by atoms with E-state index in [-0.39, 0.29) is 12.3 Å². The van der Waals surface area contributed by atoms with Crippen LogP contribution in [-0.2, 0) is 17.6 Å². The van der Waals surface area contributed by atoms with Gasteiger partial charge in [0.05, 0.1) is 6.42 Å². The molecule has 2 rings (SSSR count). The first-order chi connectivity index (χ1) is 9.60. The summed E-state index contributed by atoms with van der Waals surface area (Å²) in [5.74, 6) is -0.705. The van der Waals surface area contributed by atoms with Gasteiger partial charge >= 0.3 is 0 Å². The molecule has 104 valence electrons. The summed E-state index contributed by atoms with van der Waals surface area (Å²) in [5.41, 5.74) is 2.16. The van der Waals surface area contributed by atoms with Crippen LogP contribution in [0.4, 0.5) is 10.1 Å². The minimum atomic E-state index is -0.462. The van der Waals surface area contributed by atoms with Gasteiger partial charge in [-0.15, -0.1) is 0 Å². The number of carbonyl (C=O) groups excluding carboxylic acids is 1. The first-order valence-corrected chi connectivity index (χ1v) is 6.79. The van der Waals surface area contributed by atoms with E-state index >= 15 is 0 Å². The summed E-state index contributed by atoms with van der Waals surface area (Å²) in [6, 6.07) is 11.9. The minimum absolute atomic E-state index is 0.0128. The molecular weight excluding hydrogens is 277 g/mol. The highest BCUT2D eigenvalue weighted by molar-refractivity contribution is 6.30. The van der Waals surface area contributed by atoms with Crippen LogP contribution < -0.4 is 5.32 Å². The topological polar surface area (TPSA) is 29.1 Å². The molecule has 1 amide bonds. The van der Waals surface area contributed by atoms with Crippen LogP contribution >= 0.6 is 11.6 Å². The molecule has 4 heteroatoms. The number of aryl methyl sites for hydroxylation is 1. The molecule has 20 heavy (non-hydrogen) atoms. The maximum absolute atomic E-state index is 13.6. The van der Waals surface area contributed by atoms with Crippen molar-refractivity contribution < 1.29 is 9.18 Å². The lowest BCUT2D eigenvalue weighted by Crippen LogP contribution is -2.16. The zero-order valence-electron chi connectivity index (χ0n) is 11.1. The van der Waals surface area contributed by atoms with Gasteiger partial charge in [0, 0.05) is 10.7 Å². The third-order valence-corrected chi connectivity index (χ3v) is 3.27. The van der Waals surface area contributed by atoms with Crippen LogP contribution in [0, 0.1) is 5.82 Å². The molecule has 0 saturated heterocycles. The molecule has 0 unspecified atom stereocenters. The molecule has 2 aromatic rings. The Morgan fingerprint density at radius 1 is 1.20 bits per heavy atom. The normalized spacial score (nSPS) is 10.3. The van der Waals surface area contributed by atoms with E-state index in [1.165, 1.54) is 12.1 Å². The second-order valence-corrected chi connectivity index (χ2v) is 4.91. The summed E-state index contributed by atoms with van der Waals surface area (Å²) in [6.07, 6.45) is 0.812. The first-order valence-electron chi connectivity index (χ1n) is 6.42. The van der Waals surface area contributed by atoms with Crippen molar-refractivity contribution in [2.75, 3.05) is 5.32 Å². The smallest absolute Gasteiger partial charge is 0.228 e. The van der Waals surface area contributed by atoms with Crippen LogP contribution in [0.25, 0.3) is 0 Å². The highest BCUT2D eigenvalue weighted by atomic mass is 35.5. The molecular formula is C16H15ClFNO. The molecule has 0 atom stereocenters. The zero-order chi connectivity index (χ0) is 14.5. The Balaban J connectivity index is 2.09. The number of nitrogens with one attached hydrogen (secondary N) is 1. The van der Waals surface area contributed by atoms with E-state index in [9.17, 15) is 9.18 Å². The maximum Gasteiger partial charge on any atom is 0.228 e. The van der Waals surface area contributed by atoms with Gasteiger partial charge in [0.1, 0.15) is 5.82 Å². The van der Waals surface area contributed by atoms with Crippen molar-refractivity contribution in [1.82, 2.24) is 0 Å². The minimum Gasteiger partial charge on any atom is -0.326 e. The first kappa shape index (κ1) is 14.5. The van der Waals surface area contributed by atoms with Crippen molar-refractivity contribution in [2.45, 2.75) is 19.8 Å². The van der Waals surface area contributed by atoms with E-state index in [0.29, 0.717) is 10.6 Å². The number of para-hydroxylation sites is 1. The number of hydrogen-bond acceptors (Lipinski definition) is 1. The zero-order valence-corrected chi connectivity index (χ0v) is 11.9. The van der Waals surface area contributed by atoms with Gasteiger partial charge in [-0.1, -0.05) is 42.8 Å². The van der Waals surface area contributed by atoms with Gasteiger partial charge < -0.3 is 5.32 Å². The van der Waals surface area contributed by atoms with E-state index in [1.807, 2.05) is 31.2 Å². The average molecular weight is 292 g/mol. The Morgan fingerprint density at radius 3 is 2.65 bits per heavy atom. The van der Waals surface area contributed by atoms with Crippen LogP contribution in [0.2, 0.25) is 5.02 Å². The molecule has 0 spiro atoms. The molecule has 0 aliphatic rings. The van der Waals surface area contributed by atoms with Gasteiger partial charge in [-0.2, -0.15) is 0 Å². The molecule has 2 aromatic carbocycles. The van der Waals surface area contributed by atoms with Crippen LogP contribution in [0.3, 0.4) is 0 Å². The fraction of sp³-hybridized carbons (Fsp3) is 0.188. The van der Waals surface area contributed by atoms with Gasteiger partial charge in [0.2, 0.25) is 5.91 Å². The highest BCUT2D eigenvalue weighted by Gasteiger charge is 2.10. The number of halogens is 2. The van der Waals surface area contributed by atoms with Crippen LogP contribution in [0.15, 0.2) is 42.5 Å². The second kappa shape index (κ2) is 6.53. The SMILES string of the molecule is CCc1ccccc1NC(=O)Cc1ccc(Cl)cc1F. The molecule has 0 aliphatic heterocycles. The molecule has 0 bridgehead atoms. The lowest BCUT2D eigenvalue weighted by atomic mass is 10.1. The molecule has 0 radical (unpaired) electrons. The van der Waals surface area contributed by atoms with Crippen molar-refractivity contribution in [2.24, 2.45) is 0 Å². The standard InChI is InChI=1S/C16H15ClFNO/c1-2-11-5-3-4-6-15(11)19-16(20)9-12-7-8-13(17)10-14(12)18/h3-8,10H,2,9H2,1H3,(H,19,20). The van der Waals surface area contributed by atoms with Gasteiger partial charge in [-0.3, -0.25) is 4.79 Å². The summed E-state index contributed by atoms with van der Waals surface area (Å²) in [6.45, 7) is 2.02. The molecule has 0 fully saturated rings. The third-order valence-electron chi connectivity index (χ3n) is 3.04. The Hall–Kier alpha value is -1.87. The summed E-state index contributed by atoms with van der Waals surface area (Å²) in [4.78, 5) is 12.0. The van der Waals surface area contributed by atoms with Crippen LogP contribution in [0.1, 0.15) is 18.1 Å². The van der Waals surface area contributed by atoms with Crippen molar-refractivity contribution in [1.29, 1.82) is 0 Å². The quantitative estimate of drug-likeness (QED) is 0.898. The summed E-state index contributed by atoms with van der Waals surface area (Å²) in [5, 5.41) is 3.14. The average Bonchev–Trinajstić information content (AvgIpc) is 2.42. The predicted octanol–water partition coefficient (Wildman–Crippen LogP) is 4.22. The maximum atomic E-state index is 13.6. The molecule has 2 nitrogen and oxygen atoms in total. The molecule has 0 saturated carbocycles. The second-order valence-electron chi connectivity index (χ2n) is 4.47. The van der Waals surface area contributed by atoms with Crippen molar-refractivity contribution >= 4 is 23.2 Å². The van der Waals surface area contributed by atoms with Crippen molar-refractivity contribution in [3.8, 4) is 0 Å². The fourth-order valence-electron chi connectivity index (χ4n) is 1.98. The molecule has 1 N–H and O–H groups in total. The fourth-order valence-corrected chi connectivity index (χ4v) is 2.14. The highest BCUT2D eigenvalue weighted by Crippen LogP contribution is 2.18. The predicted molar refractivity (Wildman–Crippen MR) is 79.6 cm³/mol. The number of anilines is 1. The summed E-state index contributed by atoms with van der Waals surface area (Å²) < 4.78 is 13.6. The van der Waals surface area contributed by atoms with E-state index < -0.39 is 5.82 Å². The van der Waals surface area contributed by atoms with Crippen LogP contribution in [0.5, 0.6) is 0 Å². The van der Waals surface area contributed by atoms with E-state index in [2.05, 4.69) is 5.32 Å². The third kappa shape index (κ3) is 3.58. The largest absolute Gasteiger partial charge is 0.326 e. The number of amides is 1. The van der Waals surface area contributed by atoms with Crippen molar-refractivity contribution in [3.05, 3.63) is 64.4 Å². The van der Waals surface area contributed by atoms with Gasteiger partial charge in [-0.25, -0.2) is 4.39 Å². The lowest BCUT2D eigenvalue weighted by molar-refractivity contribution is -0.115.